The number of nitrogens with one attached hydrogen (secondary N) is 2. The molecule has 2 aromatic rings. The Kier molecular flexibility index (Phi) is 5.00. The highest BCUT2D eigenvalue weighted by Crippen LogP contribution is 2.12. The third-order valence-electron chi connectivity index (χ3n) is 4.25. The highest BCUT2D eigenvalue weighted by atomic mass is 16.2. The Bertz CT molecular complexity index is 741. The van der Waals surface area contributed by atoms with Gasteiger partial charge in [-0.3, -0.25) is 19.5 Å². The maximum absolute atomic E-state index is 12.4. The standard InChI is InChI=1S/C17H21N5O2/c1-18-16(23)11-22-8-6-12(7-9-22)20-17(24)15-10-19-13-4-2-3-5-14(13)21-15/h2-5,10,12H,6-9,11H2,1H3,(H,18,23)(H,20,24). The van der Waals surface area contributed by atoms with E-state index < -0.39 is 0 Å². The van der Waals surface area contributed by atoms with Crippen molar-refractivity contribution in [3.63, 3.8) is 0 Å². The van der Waals surface area contributed by atoms with Crippen LogP contribution in [0.2, 0.25) is 0 Å². The van der Waals surface area contributed by atoms with Crippen molar-refractivity contribution in [1.82, 2.24) is 25.5 Å². The number of amides is 2. The van der Waals surface area contributed by atoms with E-state index in [0.717, 1.165) is 31.4 Å². The van der Waals surface area contributed by atoms with Gasteiger partial charge >= 0.3 is 0 Å². The molecule has 2 heterocycles. The molecule has 1 aromatic heterocycles. The molecule has 2 amide bonds. The van der Waals surface area contributed by atoms with E-state index >= 15 is 0 Å². The lowest BCUT2D eigenvalue weighted by molar-refractivity contribution is -0.122. The number of likely N-dealkylation sites (N-methyl/N-ethyl adjacent to an activating group) is 1. The topological polar surface area (TPSA) is 87.2 Å². The molecule has 1 fully saturated rings. The predicted molar refractivity (Wildman–Crippen MR) is 90.5 cm³/mol. The van der Waals surface area contributed by atoms with E-state index in [0.29, 0.717) is 17.8 Å². The molecule has 1 aliphatic heterocycles. The van der Waals surface area contributed by atoms with E-state index in [2.05, 4.69) is 25.5 Å². The molecule has 1 aliphatic rings. The van der Waals surface area contributed by atoms with Gasteiger partial charge in [0.25, 0.3) is 5.91 Å². The molecule has 0 saturated carbocycles. The molecule has 0 radical (unpaired) electrons. The van der Waals surface area contributed by atoms with Crippen molar-refractivity contribution in [2.24, 2.45) is 0 Å². The van der Waals surface area contributed by atoms with Crippen molar-refractivity contribution in [3.8, 4) is 0 Å². The van der Waals surface area contributed by atoms with Crippen molar-refractivity contribution in [1.29, 1.82) is 0 Å². The molecule has 0 spiro atoms. The number of hydrogen-bond acceptors (Lipinski definition) is 5. The zero-order chi connectivity index (χ0) is 16.9. The zero-order valence-corrected chi connectivity index (χ0v) is 13.7. The monoisotopic (exact) mass is 327 g/mol. The van der Waals surface area contributed by atoms with Gasteiger partial charge in [-0.25, -0.2) is 4.98 Å². The molecule has 0 bridgehead atoms. The normalized spacial score (nSPS) is 16.0. The molecule has 1 aromatic carbocycles. The summed E-state index contributed by atoms with van der Waals surface area (Å²) < 4.78 is 0. The van der Waals surface area contributed by atoms with Crippen LogP contribution in [0.15, 0.2) is 30.5 Å². The van der Waals surface area contributed by atoms with Crippen LogP contribution in [0.5, 0.6) is 0 Å². The second-order valence-corrected chi connectivity index (χ2v) is 5.94. The Balaban J connectivity index is 1.56. The van der Waals surface area contributed by atoms with E-state index in [1.807, 2.05) is 24.3 Å². The van der Waals surface area contributed by atoms with Gasteiger partial charge in [0.2, 0.25) is 5.91 Å². The smallest absolute Gasteiger partial charge is 0.271 e. The van der Waals surface area contributed by atoms with Crippen LogP contribution in [0, 0.1) is 0 Å². The van der Waals surface area contributed by atoms with E-state index in [1.165, 1.54) is 6.20 Å². The molecule has 0 atom stereocenters. The largest absolute Gasteiger partial charge is 0.358 e. The van der Waals surface area contributed by atoms with Crippen LogP contribution in [0.25, 0.3) is 11.0 Å². The molecule has 2 N–H and O–H groups in total. The number of piperidine rings is 1. The van der Waals surface area contributed by atoms with Gasteiger partial charge in [0, 0.05) is 26.2 Å². The Hall–Kier alpha value is -2.54. The lowest BCUT2D eigenvalue weighted by Gasteiger charge is -2.31. The quantitative estimate of drug-likeness (QED) is 0.857. The molecular formula is C17H21N5O2. The number of hydrogen-bond donors (Lipinski definition) is 2. The van der Waals surface area contributed by atoms with Crippen molar-refractivity contribution in [3.05, 3.63) is 36.2 Å². The fraction of sp³-hybridized carbons (Fsp3) is 0.412. The van der Waals surface area contributed by atoms with Crippen LogP contribution < -0.4 is 10.6 Å². The lowest BCUT2D eigenvalue weighted by Crippen LogP contribution is -2.47. The first kappa shape index (κ1) is 16.3. The van der Waals surface area contributed by atoms with E-state index in [9.17, 15) is 9.59 Å². The minimum Gasteiger partial charge on any atom is -0.358 e. The molecular weight excluding hydrogens is 306 g/mol. The van der Waals surface area contributed by atoms with Crippen LogP contribution in [0.1, 0.15) is 23.3 Å². The van der Waals surface area contributed by atoms with Crippen molar-refractivity contribution < 1.29 is 9.59 Å². The van der Waals surface area contributed by atoms with Crippen LogP contribution in [-0.4, -0.2) is 59.4 Å². The minimum atomic E-state index is -0.196. The first-order valence-corrected chi connectivity index (χ1v) is 8.11. The summed E-state index contributed by atoms with van der Waals surface area (Å²) in [6, 6.07) is 7.58. The second-order valence-electron chi connectivity index (χ2n) is 5.94. The van der Waals surface area contributed by atoms with Crippen LogP contribution in [0.3, 0.4) is 0 Å². The SMILES string of the molecule is CNC(=O)CN1CCC(NC(=O)c2cnc3ccccc3n2)CC1. The first-order chi connectivity index (χ1) is 11.7. The van der Waals surface area contributed by atoms with Gasteiger partial charge in [0.1, 0.15) is 5.69 Å². The van der Waals surface area contributed by atoms with Gasteiger partial charge in [0.05, 0.1) is 23.8 Å². The summed E-state index contributed by atoms with van der Waals surface area (Å²) in [5.74, 6) is -0.179. The number of fused-ring (bicyclic) bond motifs is 1. The summed E-state index contributed by atoms with van der Waals surface area (Å²) in [5, 5.41) is 5.65. The molecule has 7 nitrogen and oxygen atoms in total. The third kappa shape index (κ3) is 3.86. The molecule has 126 valence electrons. The highest BCUT2D eigenvalue weighted by Gasteiger charge is 2.22. The molecule has 0 unspecified atom stereocenters. The summed E-state index contributed by atoms with van der Waals surface area (Å²) in [6.07, 6.45) is 3.16. The van der Waals surface area contributed by atoms with Gasteiger partial charge in [-0.1, -0.05) is 12.1 Å². The number of carbonyl (C=O) groups excluding carboxylic acids is 2. The molecule has 1 saturated heterocycles. The van der Waals surface area contributed by atoms with Gasteiger partial charge in [-0.15, -0.1) is 0 Å². The summed E-state index contributed by atoms with van der Waals surface area (Å²) in [5.41, 5.74) is 1.82. The Labute approximate surface area is 140 Å². The number of likely N-dealkylation sites (tertiary alicyclic amines) is 1. The summed E-state index contributed by atoms with van der Waals surface area (Å²) in [7, 11) is 1.64. The van der Waals surface area contributed by atoms with Gasteiger partial charge < -0.3 is 10.6 Å². The van der Waals surface area contributed by atoms with Crippen LogP contribution in [-0.2, 0) is 4.79 Å². The van der Waals surface area contributed by atoms with Gasteiger partial charge in [-0.05, 0) is 25.0 Å². The van der Waals surface area contributed by atoms with Crippen molar-refractivity contribution in [2.75, 3.05) is 26.7 Å². The lowest BCUT2D eigenvalue weighted by atomic mass is 10.0. The number of benzene rings is 1. The molecule has 3 rings (SSSR count). The predicted octanol–water partition coefficient (Wildman–Crippen LogP) is 0.570. The maximum atomic E-state index is 12.4. The zero-order valence-electron chi connectivity index (χ0n) is 13.7. The van der Waals surface area contributed by atoms with Gasteiger partial charge in [0.15, 0.2) is 0 Å². The average Bonchev–Trinajstić information content (AvgIpc) is 2.62. The van der Waals surface area contributed by atoms with Crippen LogP contribution in [0.4, 0.5) is 0 Å². The number of nitrogens with zero attached hydrogens (tertiary/aromatic N) is 3. The minimum absolute atomic E-state index is 0.0175. The summed E-state index contributed by atoms with van der Waals surface area (Å²) in [6.45, 7) is 2.00. The van der Waals surface area contributed by atoms with Crippen molar-refractivity contribution >= 4 is 22.8 Å². The Morgan fingerprint density at radius 3 is 2.62 bits per heavy atom. The number of aromatic nitrogens is 2. The molecule has 7 heteroatoms. The number of para-hydroxylation sites is 2. The van der Waals surface area contributed by atoms with E-state index in [4.69, 9.17) is 0 Å². The summed E-state index contributed by atoms with van der Waals surface area (Å²) >= 11 is 0. The third-order valence-corrected chi connectivity index (χ3v) is 4.25. The van der Waals surface area contributed by atoms with Crippen LogP contribution >= 0.6 is 0 Å². The maximum Gasteiger partial charge on any atom is 0.271 e. The number of carbonyl (C=O) groups is 2. The highest BCUT2D eigenvalue weighted by molar-refractivity contribution is 5.93. The number of rotatable bonds is 4. The average molecular weight is 327 g/mol. The molecule has 24 heavy (non-hydrogen) atoms. The van der Waals surface area contributed by atoms with E-state index in [1.54, 1.807) is 7.05 Å². The Morgan fingerprint density at radius 2 is 1.92 bits per heavy atom. The summed E-state index contributed by atoms with van der Waals surface area (Å²) in [4.78, 5) is 34.5. The van der Waals surface area contributed by atoms with Crippen molar-refractivity contribution in [2.45, 2.75) is 18.9 Å². The van der Waals surface area contributed by atoms with E-state index in [-0.39, 0.29) is 17.9 Å². The fourth-order valence-electron chi connectivity index (χ4n) is 2.84. The first-order valence-electron chi connectivity index (χ1n) is 8.11. The molecule has 0 aliphatic carbocycles. The second kappa shape index (κ2) is 7.35. The van der Waals surface area contributed by atoms with Gasteiger partial charge in [-0.2, -0.15) is 0 Å². The Morgan fingerprint density at radius 1 is 1.21 bits per heavy atom. The fourth-order valence-corrected chi connectivity index (χ4v) is 2.84.